The minimum absolute atomic E-state index is 0.0691. The molecule has 0 aliphatic heterocycles. The Morgan fingerprint density at radius 1 is 1.47 bits per heavy atom. The number of amides is 1. The van der Waals surface area contributed by atoms with Crippen LogP contribution in [0.4, 0.5) is 14.5 Å². The fraction of sp³-hybridized carbons (Fsp3) is 0.500. The number of alkyl halides is 2. The van der Waals surface area contributed by atoms with Crippen LogP contribution in [0.25, 0.3) is 5.69 Å². The van der Waals surface area contributed by atoms with Gasteiger partial charge in [0.25, 0.3) is 5.92 Å². The van der Waals surface area contributed by atoms with Gasteiger partial charge >= 0.3 is 0 Å². The summed E-state index contributed by atoms with van der Waals surface area (Å²) in [4.78, 5) is 23.4. The van der Waals surface area contributed by atoms with Crippen molar-refractivity contribution in [1.29, 1.82) is 0 Å². The number of halogens is 3. The Balaban J connectivity index is 1.52. The van der Waals surface area contributed by atoms with E-state index in [1.54, 1.807) is 41.2 Å². The third kappa shape index (κ3) is 5.53. The lowest BCUT2D eigenvalue weighted by molar-refractivity contribution is -0.118. The van der Waals surface area contributed by atoms with Gasteiger partial charge in [0.1, 0.15) is 12.3 Å². The summed E-state index contributed by atoms with van der Waals surface area (Å²) in [5.41, 5.74) is 1.88. The molecule has 1 amide bonds. The molecule has 0 radical (unpaired) electrons. The van der Waals surface area contributed by atoms with Crippen molar-refractivity contribution in [1.82, 2.24) is 14.8 Å². The molecule has 0 aromatic carbocycles. The number of anilines is 1. The molecule has 1 aliphatic rings. The van der Waals surface area contributed by atoms with Gasteiger partial charge in [-0.2, -0.15) is 5.10 Å². The van der Waals surface area contributed by atoms with Crippen molar-refractivity contribution in [3.63, 3.8) is 0 Å². The smallest absolute Gasteiger partial charge is 0.251 e. The van der Waals surface area contributed by atoms with E-state index in [1.807, 2.05) is 13.0 Å². The zero-order valence-corrected chi connectivity index (χ0v) is 17.6. The van der Waals surface area contributed by atoms with Crippen LogP contribution >= 0.6 is 11.6 Å². The molecule has 0 N–H and O–H groups in total. The van der Waals surface area contributed by atoms with Crippen molar-refractivity contribution in [2.24, 2.45) is 11.1 Å². The van der Waals surface area contributed by atoms with E-state index in [0.29, 0.717) is 24.4 Å². The Morgan fingerprint density at radius 3 is 2.87 bits per heavy atom. The Labute approximate surface area is 178 Å². The number of carbonyl (C=O) groups is 1. The molecule has 1 fully saturated rings. The molecule has 10 heteroatoms. The van der Waals surface area contributed by atoms with Crippen molar-refractivity contribution in [3.05, 3.63) is 35.9 Å². The van der Waals surface area contributed by atoms with Crippen LogP contribution in [0.3, 0.4) is 0 Å². The number of rotatable bonds is 10. The molecular formula is C20H24ClF2N5O2. The van der Waals surface area contributed by atoms with Crippen LogP contribution in [0.5, 0.6) is 0 Å². The number of hydrogen-bond acceptors (Lipinski definition) is 5. The van der Waals surface area contributed by atoms with Crippen LogP contribution < -0.4 is 4.90 Å². The van der Waals surface area contributed by atoms with Gasteiger partial charge in [-0.25, -0.2) is 13.5 Å². The largest absolute Gasteiger partial charge is 0.396 e. The van der Waals surface area contributed by atoms with Crippen molar-refractivity contribution in [2.75, 3.05) is 18.1 Å². The minimum Gasteiger partial charge on any atom is -0.396 e. The number of oxime groups is 1. The van der Waals surface area contributed by atoms with Gasteiger partial charge in [-0.15, -0.1) is 0 Å². The summed E-state index contributed by atoms with van der Waals surface area (Å²) in [6.45, 7) is 4.17. The third-order valence-corrected chi connectivity index (χ3v) is 5.17. The highest BCUT2D eigenvalue weighted by Gasteiger charge is 2.56. The maximum Gasteiger partial charge on any atom is 0.251 e. The average Bonchev–Trinajstić information content (AvgIpc) is 3.16. The summed E-state index contributed by atoms with van der Waals surface area (Å²) in [5, 5.41) is 8.39. The predicted octanol–water partition coefficient (Wildman–Crippen LogP) is 4.49. The highest BCUT2D eigenvalue weighted by atomic mass is 35.5. The van der Waals surface area contributed by atoms with Crippen LogP contribution in [-0.2, 0) is 9.63 Å². The quantitative estimate of drug-likeness (QED) is 0.310. The SMILES string of the molecule is CCN(C(=O)CC/C(C)=N/OCCC1CC1(F)F)c1cn(-c2cccnc2)nc1Cl. The highest BCUT2D eigenvalue weighted by Crippen LogP contribution is 2.50. The number of carbonyl (C=O) groups excluding carboxylic acids is 1. The molecule has 1 atom stereocenters. The predicted molar refractivity (Wildman–Crippen MR) is 110 cm³/mol. The summed E-state index contributed by atoms with van der Waals surface area (Å²) >= 11 is 6.27. The van der Waals surface area contributed by atoms with E-state index in [2.05, 4.69) is 15.2 Å². The molecule has 0 bridgehead atoms. The lowest BCUT2D eigenvalue weighted by atomic mass is 10.2. The normalized spacial score (nSPS) is 17.6. The Bertz CT molecular complexity index is 904. The topological polar surface area (TPSA) is 72.6 Å². The van der Waals surface area contributed by atoms with Crippen LogP contribution in [-0.4, -0.2) is 45.5 Å². The zero-order valence-electron chi connectivity index (χ0n) is 16.9. The first-order chi connectivity index (χ1) is 14.3. The molecule has 3 rings (SSSR count). The van der Waals surface area contributed by atoms with Gasteiger partial charge < -0.3 is 9.74 Å². The van der Waals surface area contributed by atoms with Crippen molar-refractivity contribution < 1.29 is 18.4 Å². The van der Waals surface area contributed by atoms with E-state index in [4.69, 9.17) is 16.4 Å². The lowest BCUT2D eigenvalue weighted by Crippen LogP contribution is -2.30. The minimum atomic E-state index is -2.54. The third-order valence-electron chi connectivity index (χ3n) is 4.90. The highest BCUT2D eigenvalue weighted by molar-refractivity contribution is 6.32. The van der Waals surface area contributed by atoms with Crippen LogP contribution in [0.1, 0.15) is 39.5 Å². The van der Waals surface area contributed by atoms with Gasteiger partial charge in [-0.3, -0.25) is 9.78 Å². The maximum atomic E-state index is 12.8. The molecule has 1 unspecified atom stereocenters. The van der Waals surface area contributed by atoms with Gasteiger partial charge in [-0.1, -0.05) is 16.8 Å². The van der Waals surface area contributed by atoms with Crippen LogP contribution in [0.2, 0.25) is 5.15 Å². The van der Waals surface area contributed by atoms with Gasteiger partial charge in [-0.05, 0) is 38.8 Å². The van der Waals surface area contributed by atoms with Crippen molar-refractivity contribution in [3.8, 4) is 5.69 Å². The Hall–Kier alpha value is -2.55. The fourth-order valence-corrected chi connectivity index (χ4v) is 3.26. The van der Waals surface area contributed by atoms with E-state index in [-0.39, 0.29) is 36.9 Å². The van der Waals surface area contributed by atoms with Gasteiger partial charge in [0.2, 0.25) is 5.91 Å². The molecule has 2 heterocycles. The molecule has 1 saturated carbocycles. The second-order valence-electron chi connectivity index (χ2n) is 7.21. The van der Waals surface area contributed by atoms with E-state index in [1.165, 1.54) is 0 Å². The summed E-state index contributed by atoms with van der Waals surface area (Å²) in [6, 6.07) is 3.62. The van der Waals surface area contributed by atoms with E-state index >= 15 is 0 Å². The van der Waals surface area contributed by atoms with E-state index < -0.39 is 11.8 Å². The Kier molecular flexibility index (Phi) is 7.02. The van der Waals surface area contributed by atoms with E-state index in [9.17, 15) is 13.6 Å². The first-order valence-corrected chi connectivity index (χ1v) is 10.2. The molecule has 30 heavy (non-hydrogen) atoms. The van der Waals surface area contributed by atoms with Gasteiger partial charge in [0, 0.05) is 31.5 Å². The lowest BCUT2D eigenvalue weighted by Gasteiger charge is -2.19. The standard InChI is InChI=1S/C20H24ClF2N5O2/c1-3-27(17-13-28(25-19(17)21)16-5-4-9-24-12-16)18(29)7-6-14(2)26-30-10-8-15-11-20(15,22)23/h4-5,9,12-13,15H,3,6-8,10-11H2,1-2H3/b26-14+. The Morgan fingerprint density at radius 2 is 2.23 bits per heavy atom. The number of hydrogen-bond donors (Lipinski definition) is 0. The van der Waals surface area contributed by atoms with Crippen LogP contribution in [0, 0.1) is 5.92 Å². The van der Waals surface area contributed by atoms with Crippen LogP contribution in [0.15, 0.2) is 35.9 Å². The second kappa shape index (κ2) is 9.51. The first kappa shape index (κ1) is 22.1. The first-order valence-electron chi connectivity index (χ1n) is 9.81. The maximum absolute atomic E-state index is 12.8. The molecule has 2 aromatic heterocycles. The molecule has 0 saturated heterocycles. The second-order valence-corrected chi connectivity index (χ2v) is 7.57. The van der Waals surface area contributed by atoms with Gasteiger partial charge in [0.15, 0.2) is 5.15 Å². The summed E-state index contributed by atoms with van der Waals surface area (Å²) < 4.78 is 27.2. The molecule has 0 spiro atoms. The van der Waals surface area contributed by atoms with E-state index in [0.717, 1.165) is 5.69 Å². The molecule has 162 valence electrons. The zero-order chi connectivity index (χ0) is 21.7. The average molecular weight is 440 g/mol. The van der Waals surface area contributed by atoms with Crippen molar-refractivity contribution >= 4 is 28.9 Å². The molecule has 1 aliphatic carbocycles. The fourth-order valence-electron chi connectivity index (χ4n) is 3.03. The molecule has 7 nitrogen and oxygen atoms in total. The van der Waals surface area contributed by atoms with Crippen molar-refractivity contribution in [2.45, 2.75) is 45.5 Å². The monoisotopic (exact) mass is 439 g/mol. The summed E-state index contributed by atoms with van der Waals surface area (Å²) in [5.74, 6) is -3.26. The number of nitrogens with zero attached hydrogens (tertiary/aromatic N) is 5. The van der Waals surface area contributed by atoms with Gasteiger partial charge in [0.05, 0.1) is 23.8 Å². The molecular weight excluding hydrogens is 416 g/mol. The summed E-state index contributed by atoms with van der Waals surface area (Å²) in [6.07, 6.45) is 5.82. The number of pyridine rings is 1. The molecule has 2 aromatic rings. The number of aromatic nitrogens is 3. The summed E-state index contributed by atoms with van der Waals surface area (Å²) in [7, 11) is 0.